The van der Waals surface area contributed by atoms with Crippen molar-refractivity contribution >= 4 is 11.4 Å². The fraction of sp³-hybridized carbons (Fsp3) is 0.0833. The van der Waals surface area contributed by atoms with Crippen LogP contribution in [0.2, 0.25) is 0 Å². The molecule has 2 aromatic rings. The Morgan fingerprint density at radius 3 is 1.27 bits per heavy atom. The third-order valence-electron chi connectivity index (χ3n) is 4.88. The van der Waals surface area contributed by atoms with Gasteiger partial charge in [0.1, 0.15) is 0 Å². The van der Waals surface area contributed by atoms with E-state index in [0.29, 0.717) is 0 Å². The molecular weight excluding hydrogens is 316 g/mol. The van der Waals surface area contributed by atoms with E-state index >= 15 is 0 Å². The Kier molecular flexibility index (Phi) is 4.32. The van der Waals surface area contributed by atoms with Crippen LogP contribution in [0.15, 0.2) is 84.9 Å². The fourth-order valence-electron chi connectivity index (χ4n) is 3.43. The maximum Gasteiger partial charge on any atom is 0.0337 e. The van der Waals surface area contributed by atoms with Crippen LogP contribution in [0.25, 0.3) is 33.4 Å². The van der Waals surface area contributed by atoms with E-state index in [2.05, 4.69) is 95.6 Å². The van der Waals surface area contributed by atoms with Crippen LogP contribution in [0.4, 0.5) is 11.4 Å². The van der Waals surface area contributed by atoms with Crippen molar-refractivity contribution in [1.82, 2.24) is 0 Å². The van der Waals surface area contributed by atoms with Gasteiger partial charge in [-0.15, -0.1) is 0 Å². The Morgan fingerprint density at radius 1 is 0.462 bits per heavy atom. The molecule has 0 fully saturated rings. The highest BCUT2D eigenvalue weighted by Crippen LogP contribution is 2.43. The highest BCUT2D eigenvalue weighted by molar-refractivity contribution is 5.97. The lowest BCUT2D eigenvalue weighted by Crippen LogP contribution is -1.86. The SMILES string of the molecule is CNc1ccc(-c2cc(-c3ccc(NC)cc3)c3cccccc2-3)cc1. The molecule has 2 aliphatic rings. The van der Waals surface area contributed by atoms with Gasteiger partial charge in [-0.3, -0.25) is 0 Å². The molecule has 0 bridgehead atoms. The maximum atomic E-state index is 3.18. The molecule has 0 saturated carbocycles. The molecule has 0 heterocycles. The first-order valence-electron chi connectivity index (χ1n) is 8.88. The zero-order valence-corrected chi connectivity index (χ0v) is 15.1. The molecule has 2 aromatic carbocycles. The van der Waals surface area contributed by atoms with E-state index in [1.54, 1.807) is 0 Å². The molecule has 0 radical (unpaired) electrons. The molecule has 128 valence electrons. The monoisotopic (exact) mass is 338 g/mol. The van der Waals surface area contributed by atoms with Gasteiger partial charge in [0.2, 0.25) is 0 Å². The largest absolute Gasteiger partial charge is 0.388 e. The minimum atomic E-state index is 1.12. The highest BCUT2D eigenvalue weighted by atomic mass is 14.8. The van der Waals surface area contributed by atoms with Crippen molar-refractivity contribution in [3.05, 3.63) is 84.9 Å². The Bertz CT molecular complexity index is 906. The van der Waals surface area contributed by atoms with Crippen LogP contribution in [-0.4, -0.2) is 14.1 Å². The fourth-order valence-corrected chi connectivity index (χ4v) is 3.43. The minimum Gasteiger partial charge on any atom is -0.388 e. The summed E-state index contributed by atoms with van der Waals surface area (Å²) in [5, 5.41) is 6.37. The van der Waals surface area contributed by atoms with Gasteiger partial charge in [0.05, 0.1) is 0 Å². The molecule has 0 aromatic heterocycles. The molecule has 26 heavy (non-hydrogen) atoms. The molecule has 0 atom stereocenters. The second kappa shape index (κ2) is 6.93. The van der Waals surface area contributed by atoms with Crippen LogP contribution in [0.1, 0.15) is 0 Å². The lowest BCUT2D eigenvalue weighted by atomic mass is 10.0. The first-order valence-corrected chi connectivity index (χ1v) is 8.88. The number of anilines is 2. The van der Waals surface area contributed by atoms with Gasteiger partial charge in [-0.2, -0.15) is 0 Å². The van der Waals surface area contributed by atoms with Crippen LogP contribution in [0.5, 0.6) is 0 Å². The summed E-state index contributed by atoms with van der Waals surface area (Å²) in [6, 6.07) is 30.3. The lowest BCUT2D eigenvalue weighted by molar-refractivity contribution is 1.51. The topological polar surface area (TPSA) is 24.1 Å². The number of hydrogen-bond acceptors (Lipinski definition) is 2. The van der Waals surface area contributed by atoms with Crippen molar-refractivity contribution in [2.75, 3.05) is 24.7 Å². The summed E-state index contributed by atoms with van der Waals surface area (Å²) >= 11 is 0. The van der Waals surface area contributed by atoms with Crippen molar-refractivity contribution < 1.29 is 0 Å². The van der Waals surface area contributed by atoms with Crippen molar-refractivity contribution in [2.24, 2.45) is 0 Å². The molecule has 0 aliphatic heterocycles. The van der Waals surface area contributed by atoms with Crippen LogP contribution in [0.3, 0.4) is 0 Å². The van der Waals surface area contributed by atoms with E-state index in [1.807, 2.05) is 14.1 Å². The van der Waals surface area contributed by atoms with E-state index < -0.39 is 0 Å². The molecule has 0 unspecified atom stereocenters. The molecule has 2 aliphatic carbocycles. The van der Waals surface area contributed by atoms with E-state index in [4.69, 9.17) is 0 Å². The van der Waals surface area contributed by atoms with Crippen molar-refractivity contribution in [1.29, 1.82) is 0 Å². The molecular formula is C24H22N2. The van der Waals surface area contributed by atoms with Crippen LogP contribution in [-0.2, 0) is 0 Å². The highest BCUT2D eigenvalue weighted by Gasteiger charge is 2.17. The first-order chi connectivity index (χ1) is 12.8. The summed E-state index contributed by atoms with van der Waals surface area (Å²) in [6.07, 6.45) is 0. The van der Waals surface area contributed by atoms with E-state index in [1.165, 1.54) is 33.4 Å². The Hall–Kier alpha value is -3.26. The van der Waals surface area contributed by atoms with Crippen LogP contribution >= 0.6 is 0 Å². The van der Waals surface area contributed by atoms with E-state index in [-0.39, 0.29) is 0 Å². The predicted octanol–water partition coefficient (Wildman–Crippen LogP) is 6.21. The second-order valence-electron chi connectivity index (χ2n) is 6.36. The summed E-state index contributed by atoms with van der Waals surface area (Å²) in [7, 11) is 3.89. The van der Waals surface area contributed by atoms with Gasteiger partial charge in [-0.1, -0.05) is 54.6 Å². The van der Waals surface area contributed by atoms with E-state index in [9.17, 15) is 0 Å². The molecule has 2 nitrogen and oxygen atoms in total. The first kappa shape index (κ1) is 16.2. The summed E-state index contributed by atoms with van der Waals surface area (Å²) < 4.78 is 0. The van der Waals surface area contributed by atoms with Gasteiger partial charge < -0.3 is 10.6 Å². The molecule has 0 saturated heterocycles. The standard InChI is InChI=1S/C24H22N2/c1-25-19-12-8-17(9-13-19)23-16-24(18-10-14-20(26-2)15-11-18)22-7-5-3-4-6-21(22)23/h3-16,25-26H,1-2H3. The number of hydrogen-bond donors (Lipinski definition) is 2. The third kappa shape index (κ3) is 2.91. The Labute approximate surface area is 154 Å². The second-order valence-corrected chi connectivity index (χ2v) is 6.36. The Balaban J connectivity index is 1.88. The molecule has 4 rings (SSSR count). The number of rotatable bonds is 4. The lowest BCUT2D eigenvalue weighted by Gasteiger charge is -2.05. The average molecular weight is 338 g/mol. The van der Waals surface area contributed by atoms with Gasteiger partial charge in [-0.25, -0.2) is 0 Å². The van der Waals surface area contributed by atoms with Gasteiger partial charge >= 0.3 is 0 Å². The summed E-state index contributed by atoms with van der Waals surface area (Å²) in [6.45, 7) is 0. The molecule has 2 heteroatoms. The van der Waals surface area contributed by atoms with E-state index in [0.717, 1.165) is 11.4 Å². The third-order valence-corrected chi connectivity index (χ3v) is 4.88. The number of benzene rings is 2. The zero-order chi connectivity index (χ0) is 17.9. The minimum absolute atomic E-state index is 1.12. The van der Waals surface area contributed by atoms with Crippen molar-refractivity contribution in [3.63, 3.8) is 0 Å². The van der Waals surface area contributed by atoms with Crippen LogP contribution in [0, 0.1) is 0 Å². The summed E-state index contributed by atoms with van der Waals surface area (Å²) in [5.74, 6) is 0. The molecule has 2 N–H and O–H groups in total. The summed E-state index contributed by atoms with van der Waals surface area (Å²) in [5.41, 5.74) is 9.81. The number of fused-ring (bicyclic) bond motifs is 1. The van der Waals surface area contributed by atoms with Crippen LogP contribution < -0.4 is 10.6 Å². The normalized spacial score (nSPS) is 10.7. The predicted molar refractivity (Wildman–Crippen MR) is 113 cm³/mol. The quantitative estimate of drug-likeness (QED) is 0.462. The van der Waals surface area contributed by atoms with Crippen molar-refractivity contribution in [2.45, 2.75) is 0 Å². The smallest absolute Gasteiger partial charge is 0.0337 e. The number of nitrogens with one attached hydrogen (secondary N) is 2. The average Bonchev–Trinajstić information content (AvgIpc) is 2.89. The van der Waals surface area contributed by atoms with Gasteiger partial charge in [0, 0.05) is 25.5 Å². The van der Waals surface area contributed by atoms with Crippen molar-refractivity contribution in [3.8, 4) is 33.4 Å². The van der Waals surface area contributed by atoms with Gasteiger partial charge in [0.25, 0.3) is 0 Å². The summed E-state index contributed by atoms with van der Waals surface area (Å²) in [4.78, 5) is 0. The molecule has 0 spiro atoms. The Morgan fingerprint density at radius 2 is 0.885 bits per heavy atom. The van der Waals surface area contributed by atoms with Gasteiger partial charge in [-0.05, 0) is 63.7 Å². The van der Waals surface area contributed by atoms with Gasteiger partial charge in [0.15, 0.2) is 0 Å². The maximum absolute atomic E-state index is 3.18. The molecule has 0 amide bonds. The zero-order valence-electron chi connectivity index (χ0n) is 15.1.